The van der Waals surface area contributed by atoms with Gasteiger partial charge in [0.25, 0.3) is 0 Å². The van der Waals surface area contributed by atoms with Gasteiger partial charge in [-0.3, -0.25) is 10.1 Å². The van der Waals surface area contributed by atoms with Crippen LogP contribution in [-0.4, -0.2) is 12.5 Å². The predicted molar refractivity (Wildman–Crippen MR) is 48.3 cm³/mol. The van der Waals surface area contributed by atoms with E-state index in [2.05, 4.69) is 5.32 Å². The molecule has 0 bridgehead atoms. The van der Waals surface area contributed by atoms with E-state index >= 15 is 0 Å². The fraction of sp³-hybridized carbons (Fsp3) is 0.778. The molecule has 0 spiro atoms. The van der Waals surface area contributed by atoms with Gasteiger partial charge in [0, 0.05) is 5.92 Å². The third-order valence-corrected chi connectivity index (χ3v) is 2.73. The molecule has 3 N–H and O–H groups in total. The number of nitrogens with zero attached hydrogens (tertiary/aromatic N) is 1. The molecule has 0 aromatic carbocycles. The lowest BCUT2D eigenvalue weighted by molar-refractivity contribution is -0.126. The summed E-state index contributed by atoms with van der Waals surface area (Å²) < 4.78 is 0. The van der Waals surface area contributed by atoms with Crippen molar-refractivity contribution in [1.29, 1.82) is 5.26 Å². The number of nitriles is 1. The summed E-state index contributed by atoms with van der Waals surface area (Å²) in [5.41, 5.74) is 5.56. The molecule has 1 amide bonds. The molecule has 4 heteroatoms. The summed E-state index contributed by atoms with van der Waals surface area (Å²) in [6.45, 7) is 0.545. The van der Waals surface area contributed by atoms with Crippen LogP contribution in [0.5, 0.6) is 0 Å². The van der Waals surface area contributed by atoms with Crippen LogP contribution in [0.1, 0.15) is 25.7 Å². The molecule has 0 aliphatic heterocycles. The van der Waals surface area contributed by atoms with Crippen LogP contribution in [-0.2, 0) is 4.79 Å². The maximum absolute atomic E-state index is 11.4. The van der Waals surface area contributed by atoms with E-state index in [1.54, 1.807) is 6.19 Å². The highest BCUT2D eigenvalue weighted by molar-refractivity contribution is 5.80. The Labute approximate surface area is 78.1 Å². The predicted octanol–water partition coefficient (Wildman–Crippen LogP) is 0.349. The zero-order valence-electron chi connectivity index (χ0n) is 7.62. The van der Waals surface area contributed by atoms with E-state index in [0.29, 0.717) is 6.54 Å². The van der Waals surface area contributed by atoms with Crippen LogP contribution in [0.2, 0.25) is 0 Å². The molecule has 72 valence electrons. The van der Waals surface area contributed by atoms with Gasteiger partial charge < -0.3 is 5.73 Å². The maximum atomic E-state index is 11.4. The standard InChI is InChI=1S/C9H15N3O/c10-5-7-3-1-2-4-8(7)9(13)12-6-11/h7-8H,1-5,10H2,(H,12,13). The van der Waals surface area contributed by atoms with Gasteiger partial charge in [-0.2, -0.15) is 5.26 Å². The number of nitrogens with one attached hydrogen (secondary N) is 1. The first-order valence-corrected chi connectivity index (χ1v) is 4.68. The quantitative estimate of drug-likeness (QED) is 0.476. The van der Waals surface area contributed by atoms with Crippen molar-refractivity contribution in [2.24, 2.45) is 17.6 Å². The lowest BCUT2D eigenvalue weighted by Crippen LogP contribution is -2.37. The Morgan fingerprint density at radius 1 is 1.54 bits per heavy atom. The van der Waals surface area contributed by atoms with E-state index < -0.39 is 0 Å². The molecular formula is C9H15N3O. The van der Waals surface area contributed by atoms with Crippen molar-refractivity contribution in [2.45, 2.75) is 25.7 Å². The van der Waals surface area contributed by atoms with E-state index in [-0.39, 0.29) is 17.7 Å². The number of rotatable bonds is 2. The molecule has 0 heterocycles. The molecule has 13 heavy (non-hydrogen) atoms. The minimum absolute atomic E-state index is 0.0431. The first-order chi connectivity index (χ1) is 6.29. The molecule has 4 nitrogen and oxygen atoms in total. The molecule has 2 unspecified atom stereocenters. The van der Waals surface area contributed by atoms with Crippen molar-refractivity contribution in [3.05, 3.63) is 0 Å². The van der Waals surface area contributed by atoms with Gasteiger partial charge in [-0.1, -0.05) is 12.8 Å². The molecule has 1 aliphatic carbocycles. The van der Waals surface area contributed by atoms with Crippen molar-refractivity contribution in [3.63, 3.8) is 0 Å². The number of carbonyl (C=O) groups excluding carboxylic acids is 1. The van der Waals surface area contributed by atoms with E-state index in [0.717, 1.165) is 25.7 Å². The Hall–Kier alpha value is -1.08. The fourth-order valence-electron chi connectivity index (χ4n) is 1.98. The second kappa shape index (κ2) is 4.83. The highest BCUT2D eigenvalue weighted by Crippen LogP contribution is 2.29. The summed E-state index contributed by atoms with van der Waals surface area (Å²) in [5.74, 6) is 0.0677. The largest absolute Gasteiger partial charge is 0.330 e. The lowest BCUT2D eigenvalue weighted by atomic mass is 9.79. The van der Waals surface area contributed by atoms with Crippen LogP contribution < -0.4 is 11.1 Å². The average molecular weight is 181 g/mol. The van der Waals surface area contributed by atoms with Gasteiger partial charge in [-0.25, -0.2) is 0 Å². The number of hydrogen-bond acceptors (Lipinski definition) is 3. The summed E-state index contributed by atoms with van der Waals surface area (Å²) >= 11 is 0. The van der Waals surface area contributed by atoms with Gasteiger partial charge in [0.05, 0.1) is 0 Å². The molecule has 1 saturated carbocycles. The molecule has 0 radical (unpaired) electrons. The van der Waals surface area contributed by atoms with Gasteiger partial charge in [0.2, 0.25) is 5.91 Å². The fourth-order valence-corrected chi connectivity index (χ4v) is 1.98. The topological polar surface area (TPSA) is 78.9 Å². The van der Waals surface area contributed by atoms with E-state index in [1.807, 2.05) is 0 Å². The van der Waals surface area contributed by atoms with Gasteiger partial charge in [0.1, 0.15) is 0 Å². The molecule has 1 rings (SSSR count). The lowest BCUT2D eigenvalue weighted by Gasteiger charge is -2.28. The summed E-state index contributed by atoms with van der Waals surface area (Å²) in [6, 6.07) is 0. The SMILES string of the molecule is N#CNC(=O)C1CCCCC1CN. The molecule has 1 aliphatic rings. The average Bonchev–Trinajstić information content (AvgIpc) is 2.18. The Morgan fingerprint density at radius 3 is 2.85 bits per heavy atom. The first kappa shape index (κ1) is 10.0. The van der Waals surface area contributed by atoms with Crippen LogP contribution in [0.3, 0.4) is 0 Å². The van der Waals surface area contributed by atoms with E-state index in [9.17, 15) is 4.79 Å². The summed E-state index contributed by atoms with van der Waals surface area (Å²) in [4.78, 5) is 11.4. The smallest absolute Gasteiger partial charge is 0.236 e. The van der Waals surface area contributed by atoms with Gasteiger partial charge in [0.15, 0.2) is 6.19 Å². The molecule has 0 saturated heterocycles. The van der Waals surface area contributed by atoms with Crippen LogP contribution in [0.4, 0.5) is 0 Å². The number of carbonyl (C=O) groups is 1. The molecule has 0 aromatic heterocycles. The van der Waals surface area contributed by atoms with Gasteiger partial charge in [-0.05, 0) is 25.3 Å². The zero-order valence-corrected chi connectivity index (χ0v) is 7.62. The monoisotopic (exact) mass is 181 g/mol. The number of nitrogens with two attached hydrogens (primary N) is 1. The van der Waals surface area contributed by atoms with Crippen LogP contribution in [0.25, 0.3) is 0 Å². The maximum Gasteiger partial charge on any atom is 0.236 e. The van der Waals surface area contributed by atoms with Crippen molar-refractivity contribution in [2.75, 3.05) is 6.54 Å². The van der Waals surface area contributed by atoms with Crippen molar-refractivity contribution in [3.8, 4) is 6.19 Å². The van der Waals surface area contributed by atoms with Crippen molar-refractivity contribution in [1.82, 2.24) is 5.32 Å². The second-order valence-corrected chi connectivity index (χ2v) is 3.49. The highest BCUT2D eigenvalue weighted by atomic mass is 16.1. The minimum Gasteiger partial charge on any atom is -0.330 e. The van der Waals surface area contributed by atoms with Gasteiger partial charge in [-0.15, -0.1) is 0 Å². The van der Waals surface area contributed by atoms with Crippen molar-refractivity contribution >= 4 is 5.91 Å². The van der Waals surface area contributed by atoms with Crippen LogP contribution >= 0.6 is 0 Å². The summed E-state index contributed by atoms with van der Waals surface area (Å²) in [7, 11) is 0. The molecule has 2 atom stereocenters. The Balaban J connectivity index is 2.54. The Morgan fingerprint density at radius 2 is 2.23 bits per heavy atom. The summed E-state index contributed by atoms with van der Waals surface area (Å²) in [5, 5.41) is 10.5. The minimum atomic E-state index is -0.155. The number of amides is 1. The highest BCUT2D eigenvalue weighted by Gasteiger charge is 2.29. The van der Waals surface area contributed by atoms with Crippen molar-refractivity contribution < 1.29 is 4.79 Å². The summed E-state index contributed by atoms with van der Waals surface area (Å²) in [6.07, 6.45) is 5.77. The second-order valence-electron chi connectivity index (χ2n) is 3.49. The molecular weight excluding hydrogens is 166 g/mol. The molecule has 1 fully saturated rings. The van der Waals surface area contributed by atoms with Crippen LogP contribution in [0.15, 0.2) is 0 Å². The van der Waals surface area contributed by atoms with Crippen LogP contribution in [0, 0.1) is 23.3 Å². The molecule has 0 aromatic rings. The Bertz CT molecular complexity index is 221. The van der Waals surface area contributed by atoms with E-state index in [1.165, 1.54) is 0 Å². The Kier molecular flexibility index (Phi) is 3.71. The number of hydrogen-bond donors (Lipinski definition) is 2. The van der Waals surface area contributed by atoms with Gasteiger partial charge >= 0.3 is 0 Å². The normalized spacial score (nSPS) is 27.7. The van der Waals surface area contributed by atoms with E-state index in [4.69, 9.17) is 11.0 Å². The third kappa shape index (κ3) is 2.43. The third-order valence-electron chi connectivity index (χ3n) is 2.73. The first-order valence-electron chi connectivity index (χ1n) is 4.68. The zero-order chi connectivity index (χ0) is 9.68.